The fourth-order valence-electron chi connectivity index (χ4n) is 6.74. The Morgan fingerprint density at radius 2 is 1.09 bits per heavy atom. The van der Waals surface area contributed by atoms with Gasteiger partial charge in [0.25, 0.3) is 0 Å². The lowest BCUT2D eigenvalue weighted by Gasteiger charge is -2.26. The summed E-state index contributed by atoms with van der Waals surface area (Å²) in [6.45, 7) is 0. The number of anilines is 3. The molecule has 46 heavy (non-hydrogen) atoms. The van der Waals surface area contributed by atoms with E-state index in [4.69, 9.17) is 0 Å². The zero-order valence-electron chi connectivity index (χ0n) is 24.8. The lowest BCUT2D eigenvalue weighted by atomic mass is 10.0. The van der Waals surface area contributed by atoms with Crippen molar-refractivity contribution in [2.45, 2.75) is 0 Å². The van der Waals surface area contributed by atoms with Crippen LogP contribution in [0.2, 0.25) is 0 Å². The van der Waals surface area contributed by atoms with Gasteiger partial charge in [-0.2, -0.15) is 0 Å². The number of aromatic nitrogens is 1. The monoisotopic (exact) mass is 670 g/mol. The van der Waals surface area contributed by atoms with Gasteiger partial charge in [0, 0.05) is 58.2 Å². The second-order valence-electron chi connectivity index (χ2n) is 11.5. The third kappa shape index (κ3) is 4.45. The molecule has 0 spiro atoms. The minimum absolute atomic E-state index is 1.08. The Balaban J connectivity index is 1.28. The second-order valence-corrected chi connectivity index (χ2v) is 13.5. The lowest BCUT2D eigenvalue weighted by Crippen LogP contribution is -2.10. The number of hydrogen-bond donors (Lipinski definition) is 0. The van der Waals surface area contributed by atoms with Gasteiger partial charge >= 0.3 is 0 Å². The first-order chi connectivity index (χ1) is 22.7. The fourth-order valence-corrected chi connectivity index (χ4v) is 8.26. The van der Waals surface area contributed by atoms with Gasteiger partial charge in [-0.3, -0.25) is 0 Å². The van der Waals surface area contributed by atoms with E-state index in [2.05, 4.69) is 189 Å². The van der Waals surface area contributed by atoms with Gasteiger partial charge in [-0.25, -0.2) is 0 Å². The summed E-state index contributed by atoms with van der Waals surface area (Å²) in [4.78, 5) is 2.35. The van der Waals surface area contributed by atoms with Crippen LogP contribution in [0.3, 0.4) is 0 Å². The highest BCUT2D eigenvalue weighted by Crippen LogP contribution is 2.45. The topological polar surface area (TPSA) is 8.17 Å². The molecule has 0 saturated heterocycles. The van der Waals surface area contributed by atoms with Crippen molar-refractivity contribution < 1.29 is 0 Å². The van der Waals surface area contributed by atoms with Crippen LogP contribution < -0.4 is 4.90 Å². The molecular formula is C42H27BrN2S. The summed E-state index contributed by atoms with van der Waals surface area (Å²) in [6, 6.07) is 59.1. The Morgan fingerprint density at radius 3 is 1.85 bits per heavy atom. The molecule has 0 radical (unpaired) electrons. The van der Waals surface area contributed by atoms with Gasteiger partial charge in [-0.15, -0.1) is 11.3 Å². The average molecular weight is 672 g/mol. The maximum atomic E-state index is 3.56. The average Bonchev–Trinajstić information content (AvgIpc) is 3.65. The molecule has 0 aliphatic rings. The molecule has 0 bridgehead atoms. The van der Waals surface area contributed by atoms with Crippen molar-refractivity contribution in [3.05, 3.63) is 168 Å². The highest BCUT2D eigenvalue weighted by molar-refractivity contribution is 9.10. The Kier molecular flexibility index (Phi) is 6.51. The van der Waals surface area contributed by atoms with E-state index in [1.807, 2.05) is 11.3 Å². The van der Waals surface area contributed by atoms with Crippen LogP contribution in [0.15, 0.2) is 168 Å². The van der Waals surface area contributed by atoms with Crippen molar-refractivity contribution in [2.24, 2.45) is 0 Å². The van der Waals surface area contributed by atoms with Crippen molar-refractivity contribution >= 4 is 86.3 Å². The van der Waals surface area contributed by atoms with Gasteiger partial charge in [-0.05, 0) is 83.9 Å². The molecule has 0 amide bonds. The van der Waals surface area contributed by atoms with Gasteiger partial charge in [0.05, 0.1) is 11.0 Å². The maximum absolute atomic E-state index is 3.56. The summed E-state index contributed by atoms with van der Waals surface area (Å²) in [5.74, 6) is 0. The standard InChI is InChI=1S/C42H27BrN2S/c43-30-19-15-28(16-20-30)29-17-21-33(22-18-29)44(31-9-3-1-4-10-31)34-23-24-37-39(27-34)45(32-11-5-2-6-12-32)38-26-25-36-35-13-7-8-14-40(35)46-42(36)41(37)38/h1-27H. The SMILES string of the molecule is Brc1ccc(-c2ccc(N(c3ccccc3)c3ccc4c5c6sc7ccccc7c6ccc5n(-c5ccccc5)c4c3)cc2)cc1. The molecule has 2 heterocycles. The van der Waals surface area contributed by atoms with Gasteiger partial charge < -0.3 is 9.47 Å². The van der Waals surface area contributed by atoms with E-state index in [9.17, 15) is 0 Å². The van der Waals surface area contributed by atoms with E-state index < -0.39 is 0 Å². The van der Waals surface area contributed by atoms with Crippen molar-refractivity contribution in [3.63, 3.8) is 0 Å². The molecular weight excluding hydrogens is 644 g/mol. The van der Waals surface area contributed by atoms with Gasteiger partial charge in [-0.1, -0.05) is 107 Å². The minimum atomic E-state index is 1.08. The zero-order chi connectivity index (χ0) is 30.6. The van der Waals surface area contributed by atoms with E-state index in [0.717, 1.165) is 27.2 Å². The van der Waals surface area contributed by atoms with Crippen LogP contribution in [0, 0.1) is 0 Å². The van der Waals surface area contributed by atoms with Crippen LogP contribution in [0.4, 0.5) is 17.1 Å². The summed E-state index contributed by atoms with van der Waals surface area (Å²) in [6.07, 6.45) is 0. The highest BCUT2D eigenvalue weighted by atomic mass is 79.9. The van der Waals surface area contributed by atoms with E-state index in [1.165, 1.54) is 53.1 Å². The largest absolute Gasteiger partial charge is 0.310 e. The first kappa shape index (κ1) is 27.2. The number of fused-ring (bicyclic) bond motifs is 7. The molecule has 4 heteroatoms. The normalized spacial score (nSPS) is 11.6. The first-order valence-corrected chi connectivity index (χ1v) is 17.0. The minimum Gasteiger partial charge on any atom is -0.310 e. The summed E-state index contributed by atoms with van der Waals surface area (Å²) in [5.41, 5.74) is 9.30. The van der Waals surface area contributed by atoms with Crippen LogP contribution in [0.1, 0.15) is 0 Å². The molecule has 218 valence electrons. The molecule has 9 aromatic rings. The van der Waals surface area contributed by atoms with E-state index in [0.29, 0.717) is 0 Å². The van der Waals surface area contributed by atoms with Gasteiger partial charge in [0.15, 0.2) is 0 Å². The second kappa shape index (κ2) is 11.0. The van der Waals surface area contributed by atoms with Crippen molar-refractivity contribution in [1.82, 2.24) is 4.57 Å². The molecule has 2 nitrogen and oxygen atoms in total. The Morgan fingerprint density at radius 1 is 0.478 bits per heavy atom. The van der Waals surface area contributed by atoms with Crippen LogP contribution in [0.5, 0.6) is 0 Å². The Hall–Kier alpha value is -5.16. The van der Waals surface area contributed by atoms with Gasteiger partial charge in [0.2, 0.25) is 0 Å². The third-order valence-corrected chi connectivity index (χ3v) is 10.6. The van der Waals surface area contributed by atoms with Crippen LogP contribution in [-0.4, -0.2) is 4.57 Å². The predicted octanol–water partition coefficient (Wildman–Crippen LogP) is 13.1. The van der Waals surface area contributed by atoms with Crippen LogP contribution in [0.25, 0.3) is 58.8 Å². The number of rotatable bonds is 5. The Labute approximate surface area is 279 Å². The van der Waals surface area contributed by atoms with E-state index >= 15 is 0 Å². The van der Waals surface area contributed by atoms with E-state index in [1.54, 1.807) is 0 Å². The molecule has 7 aromatic carbocycles. The molecule has 9 rings (SSSR count). The predicted molar refractivity (Wildman–Crippen MR) is 201 cm³/mol. The molecule has 0 unspecified atom stereocenters. The lowest BCUT2D eigenvalue weighted by molar-refractivity contribution is 1.18. The molecule has 0 N–H and O–H groups in total. The molecule has 0 aliphatic carbocycles. The molecule has 0 atom stereocenters. The van der Waals surface area contributed by atoms with Gasteiger partial charge in [0.1, 0.15) is 0 Å². The number of hydrogen-bond acceptors (Lipinski definition) is 2. The fraction of sp³-hybridized carbons (Fsp3) is 0. The molecule has 2 aromatic heterocycles. The number of thiophene rings is 1. The third-order valence-electron chi connectivity index (χ3n) is 8.85. The Bertz CT molecular complexity index is 2510. The number of para-hydroxylation sites is 2. The molecule has 0 aliphatic heterocycles. The first-order valence-electron chi connectivity index (χ1n) is 15.4. The summed E-state index contributed by atoms with van der Waals surface area (Å²) >= 11 is 5.45. The molecule has 0 fully saturated rings. The number of nitrogens with zero attached hydrogens (tertiary/aromatic N) is 2. The summed E-state index contributed by atoms with van der Waals surface area (Å²) in [7, 11) is 0. The number of halogens is 1. The zero-order valence-corrected chi connectivity index (χ0v) is 27.2. The highest BCUT2D eigenvalue weighted by Gasteiger charge is 2.20. The van der Waals surface area contributed by atoms with Crippen LogP contribution >= 0.6 is 27.3 Å². The summed E-state index contributed by atoms with van der Waals surface area (Å²) in [5, 5.41) is 5.22. The summed E-state index contributed by atoms with van der Waals surface area (Å²) < 4.78 is 6.18. The van der Waals surface area contributed by atoms with Crippen molar-refractivity contribution in [3.8, 4) is 16.8 Å². The van der Waals surface area contributed by atoms with Crippen molar-refractivity contribution in [1.29, 1.82) is 0 Å². The molecule has 0 saturated carbocycles. The smallest absolute Gasteiger partial charge is 0.0562 e. The number of benzene rings is 7. The quantitative estimate of drug-likeness (QED) is 0.177. The van der Waals surface area contributed by atoms with Crippen LogP contribution in [-0.2, 0) is 0 Å². The van der Waals surface area contributed by atoms with E-state index in [-0.39, 0.29) is 0 Å². The maximum Gasteiger partial charge on any atom is 0.0562 e. The van der Waals surface area contributed by atoms with Crippen molar-refractivity contribution in [2.75, 3.05) is 4.90 Å².